The van der Waals surface area contributed by atoms with Gasteiger partial charge < -0.3 is 40.3 Å². The van der Waals surface area contributed by atoms with Crippen LogP contribution in [0.2, 0.25) is 0 Å². The van der Waals surface area contributed by atoms with Gasteiger partial charge in [0.25, 0.3) is 0 Å². The van der Waals surface area contributed by atoms with Crippen LogP contribution in [0.3, 0.4) is 0 Å². The zero-order valence-corrected chi connectivity index (χ0v) is 34.5. The molecule has 9 heteroatoms. The minimum Gasteiger partial charge on any atom is -0.394 e. The number of amides is 1. The van der Waals surface area contributed by atoms with Gasteiger partial charge in [-0.15, -0.1) is 0 Å². The van der Waals surface area contributed by atoms with Gasteiger partial charge in [0.15, 0.2) is 6.29 Å². The Kier molecular flexibility index (Phi) is 33.7. The molecule has 0 bridgehead atoms. The average Bonchev–Trinajstić information content (AvgIpc) is 3.16. The molecule has 1 aliphatic rings. The van der Waals surface area contributed by atoms with Gasteiger partial charge in [0.2, 0.25) is 5.91 Å². The maximum atomic E-state index is 12.9. The van der Waals surface area contributed by atoms with Gasteiger partial charge >= 0.3 is 0 Å². The van der Waals surface area contributed by atoms with Gasteiger partial charge in [-0.3, -0.25) is 4.79 Å². The van der Waals surface area contributed by atoms with E-state index in [1.54, 1.807) is 0 Å². The fourth-order valence-electron chi connectivity index (χ4n) is 7.51. The highest BCUT2D eigenvalue weighted by Gasteiger charge is 2.44. The first-order valence-electron chi connectivity index (χ1n) is 22.7. The Morgan fingerprint density at radius 2 is 0.943 bits per heavy atom. The summed E-state index contributed by atoms with van der Waals surface area (Å²) in [4.78, 5) is 12.9. The second-order valence-corrected chi connectivity index (χ2v) is 16.2. The van der Waals surface area contributed by atoms with E-state index in [0.717, 1.165) is 38.5 Å². The topological polar surface area (TPSA) is 149 Å². The van der Waals surface area contributed by atoms with E-state index in [9.17, 15) is 30.3 Å². The molecule has 6 N–H and O–H groups in total. The number of ether oxygens (including phenoxy) is 2. The van der Waals surface area contributed by atoms with Crippen molar-refractivity contribution in [2.24, 2.45) is 0 Å². The summed E-state index contributed by atoms with van der Waals surface area (Å²) in [6.07, 6.45) is 31.0. The Morgan fingerprint density at radius 3 is 1.34 bits per heavy atom. The van der Waals surface area contributed by atoms with Crippen molar-refractivity contribution >= 4 is 5.91 Å². The van der Waals surface area contributed by atoms with Crippen molar-refractivity contribution in [3.8, 4) is 0 Å². The van der Waals surface area contributed by atoms with Gasteiger partial charge in [-0.05, 0) is 12.8 Å². The third-order valence-corrected chi connectivity index (χ3v) is 11.2. The molecule has 7 atom stereocenters. The number of hydrogen-bond donors (Lipinski definition) is 6. The lowest BCUT2D eigenvalue weighted by atomic mass is 9.99. The van der Waals surface area contributed by atoms with Gasteiger partial charge in [0.05, 0.1) is 25.4 Å². The molecule has 1 aliphatic heterocycles. The van der Waals surface area contributed by atoms with Gasteiger partial charge in [-0.25, -0.2) is 0 Å². The van der Waals surface area contributed by atoms with Crippen molar-refractivity contribution in [2.45, 2.75) is 262 Å². The first kappa shape index (κ1) is 50.2. The molecule has 1 amide bonds. The van der Waals surface area contributed by atoms with Crippen LogP contribution < -0.4 is 5.32 Å². The molecule has 0 aromatic carbocycles. The number of nitrogens with one attached hydrogen (secondary N) is 1. The Labute approximate surface area is 325 Å². The molecule has 0 aromatic rings. The summed E-state index contributed by atoms with van der Waals surface area (Å²) in [5.74, 6) is -0.141. The Balaban J connectivity index is 2.33. The van der Waals surface area contributed by atoms with Crippen LogP contribution in [-0.4, -0.2) is 87.5 Å². The summed E-state index contributed by atoms with van der Waals surface area (Å²) in [6.45, 7) is 3.84. The van der Waals surface area contributed by atoms with Crippen molar-refractivity contribution in [2.75, 3.05) is 13.2 Å². The maximum absolute atomic E-state index is 12.9. The highest BCUT2D eigenvalue weighted by atomic mass is 16.7. The van der Waals surface area contributed by atoms with Crippen LogP contribution in [0.1, 0.15) is 219 Å². The number of rotatable bonds is 38. The quantitative estimate of drug-likeness (QED) is 0.0342. The zero-order valence-electron chi connectivity index (χ0n) is 34.5. The molecule has 1 heterocycles. The van der Waals surface area contributed by atoms with Gasteiger partial charge in [-0.2, -0.15) is 0 Å². The first-order valence-corrected chi connectivity index (χ1v) is 22.7. The highest BCUT2D eigenvalue weighted by molar-refractivity contribution is 5.76. The van der Waals surface area contributed by atoms with Crippen LogP contribution in [0.5, 0.6) is 0 Å². The fourth-order valence-corrected chi connectivity index (χ4v) is 7.51. The SMILES string of the molecule is CCCCCCCCCCCCCCCCCC[C@@H](O)[C@H](CO[C@@H]1O[C@H](CO)[C@@H](O)C(O)C1O)NC(=O)CCCCCCCCCCCCCCCC. The first-order chi connectivity index (χ1) is 25.8. The second kappa shape index (κ2) is 35.6. The molecule has 0 spiro atoms. The molecule has 1 saturated heterocycles. The van der Waals surface area contributed by atoms with Crippen LogP contribution in [-0.2, 0) is 14.3 Å². The predicted molar refractivity (Wildman–Crippen MR) is 217 cm³/mol. The lowest BCUT2D eigenvalue weighted by molar-refractivity contribution is -0.302. The molecule has 0 aliphatic carbocycles. The van der Waals surface area contributed by atoms with E-state index >= 15 is 0 Å². The third kappa shape index (κ3) is 26.6. The van der Waals surface area contributed by atoms with Gasteiger partial charge in [0.1, 0.15) is 24.4 Å². The van der Waals surface area contributed by atoms with Gasteiger partial charge in [0, 0.05) is 6.42 Å². The third-order valence-electron chi connectivity index (χ3n) is 11.2. The fraction of sp³-hybridized carbons (Fsp3) is 0.977. The van der Waals surface area contributed by atoms with Crippen LogP contribution in [0, 0.1) is 0 Å². The second-order valence-electron chi connectivity index (χ2n) is 16.2. The average molecular weight is 758 g/mol. The van der Waals surface area contributed by atoms with E-state index in [-0.39, 0.29) is 12.5 Å². The van der Waals surface area contributed by atoms with Crippen molar-refractivity contribution in [3.63, 3.8) is 0 Å². The molecular formula is C44H87NO8. The predicted octanol–water partition coefficient (Wildman–Crippen LogP) is 9.17. The number of carbonyl (C=O) groups excluding carboxylic acids is 1. The van der Waals surface area contributed by atoms with E-state index in [1.165, 1.54) is 154 Å². The maximum Gasteiger partial charge on any atom is 0.220 e. The van der Waals surface area contributed by atoms with E-state index in [0.29, 0.717) is 12.8 Å². The number of aliphatic hydroxyl groups is 5. The summed E-state index contributed by atoms with van der Waals surface area (Å²) in [5, 5.41) is 54.3. The monoisotopic (exact) mass is 758 g/mol. The Bertz CT molecular complexity index is 801. The normalized spacial score (nSPS) is 21.5. The molecule has 0 saturated carbocycles. The van der Waals surface area contributed by atoms with E-state index < -0.39 is 49.5 Å². The van der Waals surface area contributed by atoms with Crippen LogP contribution >= 0.6 is 0 Å². The summed E-state index contributed by atoms with van der Waals surface area (Å²) in [7, 11) is 0. The molecular weight excluding hydrogens is 670 g/mol. The van der Waals surface area contributed by atoms with E-state index in [4.69, 9.17) is 9.47 Å². The molecule has 2 unspecified atom stereocenters. The van der Waals surface area contributed by atoms with Crippen LogP contribution in [0.4, 0.5) is 0 Å². The molecule has 9 nitrogen and oxygen atoms in total. The number of carbonyl (C=O) groups is 1. The summed E-state index contributed by atoms with van der Waals surface area (Å²) in [5.41, 5.74) is 0. The largest absolute Gasteiger partial charge is 0.394 e. The number of aliphatic hydroxyl groups excluding tert-OH is 5. The molecule has 1 fully saturated rings. The summed E-state index contributed by atoms with van der Waals surface area (Å²) >= 11 is 0. The van der Waals surface area contributed by atoms with E-state index in [2.05, 4.69) is 19.2 Å². The molecule has 0 aromatic heterocycles. The molecule has 0 radical (unpaired) electrons. The van der Waals surface area contributed by atoms with Crippen molar-refractivity contribution in [3.05, 3.63) is 0 Å². The Hall–Kier alpha value is -0.810. The zero-order chi connectivity index (χ0) is 38.8. The lowest BCUT2D eigenvalue weighted by Gasteiger charge is -2.40. The number of unbranched alkanes of at least 4 members (excludes halogenated alkanes) is 28. The van der Waals surface area contributed by atoms with Crippen molar-refractivity contribution in [1.82, 2.24) is 5.32 Å². The van der Waals surface area contributed by atoms with Crippen LogP contribution in [0.25, 0.3) is 0 Å². The minimum atomic E-state index is -1.55. The lowest BCUT2D eigenvalue weighted by Crippen LogP contribution is -2.60. The summed E-state index contributed by atoms with van der Waals surface area (Å²) in [6, 6.07) is -0.710. The standard InChI is InChI=1S/C44H87NO8/c1-3-5-7-9-11-13-15-17-19-20-21-23-25-27-29-31-33-38(47)37(36-52-44-43(51)42(50)41(49)39(35-46)53-44)45-40(48)34-32-30-28-26-24-22-18-16-14-12-10-8-6-4-2/h37-39,41-44,46-47,49-51H,3-36H2,1-2H3,(H,45,48)/t37-,38+,39+,41+,42?,43?,44+/m0/s1. The van der Waals surface area contributed by atoms with Gasteiger partial charge in [-0.1, -0.05) is 200 Å². The molecule has 1 rings (SSSR count). The smallest absolute Gasteiger partial charge is 0.220 e. The molecule has 316 valence electrons. The van der Waals surface area contributed by atoms with E-state index in [1.807, 2.05) is 0 Å². The highest BCUT2D eigenvalue weighted by Crippen LogP contribution is 2.23. The number of hydrogen-bond acceptors (Lipinski definition) is 8. The molecule has 53 heavy (non-hydrogen) atoms. The van der Waals surface area contributed by atoms with Crippen molar-refractivity contribution < 1.29 is 39.8 Å². The summed E-state index contributed by atoms with van der Waals surface area (Å²) < 4.78 is 11.3. The Morgan fingerprint density at radius 1 is 0.566 bits per heavy atom. The van der Waals surface area contributed by atoms with Crippen molar-refractivity contribution in [1.29, 1.82) is 0 Å². The minimum absolute atomic E-state index is 0.132. The van der Waals surface area contributed by atoms with Crippen LogP contribution in [0.15, 0.2) is 0 Å².